The zero-order chi connectivity index (χ0) is 11.1. The van der Waals surface area contributed by atoms with Crippen LogP contribution in [0.1, 0.15) is 27.7 Å². The van der Waals surface area contributed by atoms with Crippen molar-refractivity contribution >= 4 is 0 Å². The summed E-state index contributed by atoms with van der Waals surface area (Å²) in [7, 11) is 1.96. The molecule has 0 aliphatic heterocycles. The number of nitrogens with one attached hydrogen (secondary N) is 1. The van der Waals surface area contributed by atoms with Crippen molar-refractivity contribution in [1.29, 1.82) is 0 Å². The number of rotatable bonds is 5. The zero-order valence-electron chi connectivity index (χ0n) is 10.1. The second-order valence-electron chi connectivity index (χ2n) is 4.05. The fourth-order valence-electron chi connectivity index (χ4n) is 1.25. The SMILES string of the molecule is C=C/C(=C\C=C(\NC)C(C)C)C(C)C. The number of allylic oxidation sites excluding steroid dienone is 5. The summed E-state index contributed by atoms with van der Waals surface area (Å²) in [6.07, 6.45) is 6.21. The van der Waals surface area contributed by atoms with E-state index >= 15 is 0 Å². The van der Waals surface area contributed by atoms with Crippen molar-refractivity contribution in [1.82, 2.24) is 5.32 Å². The quantitative estimate of drug-likeness (QED) is 0.659. The Morgan fingerprint density at radius 1 is 1.07 bits per heavy atom. The molecule has 0 aromatic rings. The van der Waals surface area contributed by atoms with E-state index in [2.05, 4.69) is 51.7 Å². The van der Waals surface area contributed by atoms with E-state index in [-0.39, 0.29) is 0 Å². The molecule has 0 aromatic heterocycles. The third kappa shape index (κ3) is 4.31. The highest BCUT2D eigenvalue weighted by Crippen LogP contribution is 2.12. The van der Waals surface area contributed by atoms with Crippen LogP contribution in [0.3, 0.4) is 0 Å². The molecule has 0 amide bonds. The smallest absolute Gasteiger partial charge is 0.0130 e. The van der Waals surface area contributed by atoms with E-state index < -0.39 is 0 Å². The summed E-state index contributed by atoms with van der Waals surface area (Å²) in [6, 6.07) is 0. The first-order valence-corrected chi connectivity index (χ1v) is 5.24. The molecule has 0 saturated carbocycles. The Morgan fingerprint density at radius 2 is 1.64 bits per heavy atom. The molecule has 0 fully saturated rings. The van der Waals surface area contributed by atoms with Gasteiger partial charge in [-0.1, -0.05) is 46.4 Å². The van der Waals surface area contributed by atoms with E-state index in [4.69, 9.17) is 0 Å². The normalized spacial score (nSPS) is 13.6. The van der Waals surface area contributed by atoms with Crippen LogP contribution < -0.4 is 5.32 Å². The van der Waals surface area contributed by atoms with Crippen molar-refractivity contribution in [2.75, 3.05) is 7.05 Å². The number of hydrogen-bond acceptors (Lipinski definition) is 1. The molecular formula is C13H23N. The average molecular weight is 193 g/mol. The van der Waals surface area contributed by atoms with E-state index in [9.17, 15) is 0 Å². The van der Waals surface area contributed by atoms with E-state index in [1.165, 1.54) is 11.3 Å². The standard InChI is InChI=1S/C13H23N/c1-7-12(10(2)3)8-9-13(14-6)11(4)5/h7-11,14H,1H2,2-6H3/b12-8+,13-9+. The zero-order valence-corrected chi connectivity index (χ0v) is 10.1. The fraction of sp³-hybridized carbons (Fsp3) is 0.538. The second kappa shape index (κ2) is 6.47. The van der Waals surface area contributed by atoms with Gasteiger partial charge in [-0.25, -0.2) is 0 Å². The topological polar surface area (TPSA) is 12.0 Å². The van der Waals surface area contributed by atoms with E-state index in [0.29, 0.717) is 11.8 Å². The molecule has 0 bridgehead atoms. The van der Waals surface area contributed by atoms with E-state index in [1.54, 1.807) is 0 Å². The monoisotopic (exact) mass is 193 g/mol. The summed E-state index contributed by atoms with van der Waals surface area (Å²) in [5, 5.41) is 3.20. The molecule has 0 saturated heterocycles. The van der Waals surface area contributed by atoms with Crippen molar-refractivity contribution in [3.63, 3.8) is 0 Å². The van der Waals surface area contributed by atoms with E-state index in [1.807, 2.05) is 13.1 Å². The minimum Gasteiger partial charge on any atom is -0.391 e. The van der Waals surface area contributed by atoms with Crippen molar-refractivity contribution < 1.29 is 0 Å². The lowest BCUT2D eigenvalue weighted by atomic mass is 10.0. The first-order chi connectivity index (χ1) is 6.52. The molecule has 0 heterocycles. The van der Waals surface area contributed by atoms with Crippen molar-refractivity contribution in [2.24, 2.45) is 11.8 Å². The van der Waals surface area contributed by atoms with Crippen LogP contribution in [-0.4, -0.2) is 7.05 Å². The lowest BCUT2D eigenvalue weighted by Gasteiger charge is -2.10. The Balaban J connectivity index is 4.70. The highest BCUT2D eigenvalue weighted by Gasteiger charge is 2.00. The molecule has 1 heteroatoms. The van der Waals surface area contributed by atoms with Crippen molar-refractivity contribution in [3.05, 3.63) is 36.1 Å². The molecular weight excluding hydrogens is 170 g/mol. The van der Waals surface area contributed by atoms with Crippen LogP contribution in [0.5, 0.6) is 0 Å². The maximum atomic E-state index is 3.81. The Bertz CT molecular complexity index is 232. The average Bonchev–Trinajstić information content (AvgIpc) is 2.11. The summed E-state index contributed by atoms with van der Waals surface area (Å²) in [4.78, 5) is 0. The van der Waals surface area contributed by atoms with Gasteiger partial charge in [0, 0.05) is 12.7 Å². The molecule has 0 aliphatic carbocycles. The number of hydrogen-bond donors (Lipinski definition) is 1. The van der Waals surface area contributed by atoms with Gasteiger partial charge in [-0.3, -0.25) is 0 Å². The second-order valence-corrected chi connectivity index (χ2v) is 4.05. The first kappa shape index (κ1) is 13.0. The maximum Gasteiger partial charge on any atom is 0.0130 e. The molecule has 0 unspecified atom stereocenters. The highest BCUT2D eigenvalue weighted by atomic mass is 14.8. The van der Waals surface area contributed by atoms with Gasteiger partial charge in [-0.05, 0) is 23.5 Å². The molecule has 0 spiro atoms. The van der Waals surface area contributed by atoms with Gasteiger partial charge in [-0.2, -0.15) is 0 Å². The fourth-order valence-corrected chi connectivity index (χ4v) is 1.25. The van der Waals surface area contributed by atoms with Gasteiger partial charge >= 0.3 is 0 Å². The Kier molecular flexibility index (Phi) is 6.02. The molecule has 0 rings (SSSR count). The molecule has 0 atom stereocenters. The van der Waals surface area contributed by atoms with Crippen molar-refractivity contribution in [3.8, 4) is 0 Å². The third-order valence-corrected chi connectivity index (χ3v) is 2.27. The van der Waals surface area contributed by atoms with E-state index in [0.717, 1.165) is 0 Å². The molecule has 80 valence electrons. The predicted octanol–water partition coefficient (Wildman–Crippen LogP) is 3.51. The van der Waals surface area contributed by atoms with Crippen LogP contribution in [0.25, 0.3) is 0 Å². The summed E-state index contributed by atoms with van der Waals surface area (Å²) in [5.74, 6) is 1.07. The Labute approximate surface area is 88.6 Å². The maximum absolute atomic E-state index is 3.81. The largest absolute Gasteiger partial charge is 0.391 e. The lowest BCUT2D eigenvalue weighted by molar-refractivity contribution is 0.698. The minimum absolute atomic E-state index is 0.536. The van der Waals surface area contributed by atoms with Gasteiger partial charge in [0.05, 0.1) is 0 Å². The van der Waals surface area contributed by atoms with Gasteiger partial charge in [-0.15, -0.1) is 0 Å². The van der Waals surface area contributed by atoms with Gasteiger partial charge in [0.25, 0.3) is 0 Å². The Morgan fingerprint density at radius 3 is 1.93 bits per heavy atom. The van der Waals surface area contributed by atoms with Crippen molar-refractivity contribution in [2.45, 2.75) is 27.7 Å². The summed E-state index contributed by atoms with van der Waals surface area (Å²) in [6.45, 7) is 12.5. The lowest BCUT2D eigenvalue weighted by Crippen LogP contribution is -2.11. The van der Waals surface area contributed by atoms with Gasteiger partial charge in [0.2, 0.25) is 0 Å². The third-order valence-electron chi connectivity index (χ3n) is 2.27. The van der Waals surface area contributed by atoms with Gasteiger partial charge in [0.15, 0.2) is 0 Å². The minimum atomic E-state index is 0.536. The van der Waals surface area contributed by atoms with Crippen LogP contribution >= 0.6 is 0 Å². The molecule has 14 heavy (non-hydrogen) atoms. The molecule has 1 nitrogen and oxygen atoms in total. The molecule has 1 N–H and O–H groups in total. The highest BCUT2D eigenvalue weighted by molar-refractivity contribution is 5.26. The molecule has 0 aliphatic rings. The van der Waals surface area contributed by atoms with Crippen LogP contribution in [0.15, 0.2) is 36.1 Å². The van der Waals surface area contributed by atoms with Crippen LogP contribution in [-0.2, 0) is 0 Å². The predicted molar refractivity (Wildman–Crippen MR) is 65.1 cm³/mol. The van der Waals surface area contributed by atoms with Gasteiger partial charge in [0.1, 0.15) is 0 Å². The van der Waals surface area contributed by atoms with Gasteiger partial charge < -0.3 is 5.32 Å². The molecule has 0 radical (unpaired) electrons. The Hall–Kier alpha value is -0.980. The summed E-state index contributed by atoms with van der Waals surface area (Å²) < 4.78 is 0. The summed E-state index contributed by atoms with van der Waals surface area (Å²) >= 11 is 0. The van der Waals surface area contributed by atoms with Crippen LogP contribution in [0, 0.1) is 11.8 Å². The summed E-state index contributed by atoms with van der Waals surface area (Å²) in [5.41, 5.74) is 2.53. The van der Waals surface area contributed by atoms with Crippen LogP contribution in [0.2, 0.25) is 0 Å². The molecule has 0 aromatic carbocycles. The van der Waals surface area contributed by atoms with Crippen LogP contribution in [0.4, 0.5) is 0 Å². The first-order valence-electron chi connectivity index (χ1n) is 5.24.